The van der Waals surface area contributed by atoms with Gasteiger partial charge in [-0.1, -0.05) is 0 Å². The van der Waals surface area contributed by atoms with Crippen molar-refractivity contribution in [2.45, 2.75) is 25.6 Å². The number of anilines is 1. The van der Waals surface area contributed by atoms with Gasteiger partial charge in [0.1, 0.15) is 0 Å². The third kappa shape index (κ3) is 5.38. The van der Waals surface area contributed by atoms with Crippen LogP contribution in [-0.4, -0.2) is 52.2 Å². The maximum atomic E-state index is 12.4. The van der Waals surface area contributed by atoms with Gasteiger partial charge in [-0.3, -0.25) is 9.88 Å². The smallest absolute Gasteiger partial charge is 0.338 e. The summed E-state index contributed by atoms with van der Waals surface area (Å²) in [6, 6.07) is 5.55. The van der Waals surface area contributed by atoms with Gasteiger partial charge in [-0.25, -0.2) is 9.97 Å². The van der Waals surface area contributed by atoms with Crippen molar-refractivity contribution in [3.8, 4) is 0 Å². The fraction of sp³-hybridized carbons (Fsp3) is 0.471. The van der Waals surface area contributed by atoms with Crippen molar-refractivity contribution in [3.05, 3.63) is 48.0 Å². The Hall–Kier alpha value is -2.22. The molecule has 0 aliphatic carbocycles. The minimum atomic E-state index is -4.16. The topological polar surface area (TPSA) is 45.2 Å². The van der Waals surface area contributed by atoms with Crippen molar-refractivity contribution in [3.63, 3.8) is 0 Å². The minimum Gasteiger partial charge on any atom is -0.338 e. The quantitative estimate of drug-likeness (QED) is 0.829. The molecule has 0 aromatic carbocycles. The fourth-order valence-electron chi connectivity index (χ4n) is 2.80. The average molecular weight is 351 g/mol. The van der Waals surface area contributed by atoms with E-state index >= 15 is 0 Å². The predicted molar refractivity (Wildman–Crippen MR) is 88.1 cm³/mol. The third-order valence-electron chi connectivity index (χ3n) is 4.18. The summed E-state index contributed by atoms with van der Waals surface area (Å²) in [5.74, 6) is 0.517. The Morgan fingerprint density at radius 2 is 1.68 bits per heavy atom. The first-order chi connectivity index (χ1) is 12.0. The Bertz CT molecular complexity index is 669. The van der Waals surface area contributed by atoms with Gasteiger partial charge in [0.15, 0.2) is 0 Å². The molecule has 1 saturated heterocycles. The van der Waals surface area contributed by atoms with Gasteiger partial charge in [-0.2, -0.15) is 13.2 Å². The number of aryl methyl sites for hydroxylation is 1. The summed E-state index contributed by atoms with van der Waals surface area (Å²) in [7, 11) is 0. The van der Waals surface area contributed by atoms with E-state index in [0.717, 1.165) is 32.7 Å². The first-order valence-corrected chi connectivity index (χ1v) is 8.24. The van der Waals surface area contributed by atoms with Gasteiger partial charge in [0.25, 0.3) is 0 Å². The van der Waals surface area contributed by atoms with Crippen molar-refractivity contribution < 1.29 is 13.2 Å². The predicted octanol–water partition coefficient (Wildman–Crippen LogP) is 2.69. The van der Waals surface area contributed by atoms with Crippen LogP contribution >= 0.6 is 0 Å². The molecule has 3 rings (SSSR count). The highest BCUT2D eigenvalue weighted by molar-refractivity contribution is 5.31. The minimum absolute atomic E-state index is 0.110. The Labute approximate surface area is 144 Å². The van der Waals surface area contributed by atoms with Crippen LogP contribution in [0.4, 0.5) is 19.1 Å². The highest BCUT2D eigenvalue weighted by Gasteiger charge is 2.27. The van der Waals surface area contributed by atoms with Crippen molar-refractivity contribution >= 4 is 5.95 Å². The largest absolute Gasteiger partial charge is 0.389 e. The first kappa shape index (κ1) is 17.6. The summed E-state index contributed by atoms with van der Waals surface area (Å²) in [6.45, 7) is 4.10. The Kier molecular flexibility index (Phi) is 5.47. The van der Waals surface area contributed by atoms with Crippen molar-refractivity contribution in [1.82, 2.24) is 19.9 Å². The standard InChI is InChI=1S/C17H20F3N5/c18-17(19,20)5-1-15-4-8-22-16(23-15)25-11-9-24(10-12-25)13-14-2-6-21-7-3-14/h2-4,6-8H,1,5,9-13H2. The molecule has 0 atom stereocenters. The molecule has 5 nitrogen and oxygen atoms in total. The number of piperazine rings is 1. The van der Waals surface area contributed by atoms with Gasteiger partial charge in [0.05, 0.1) is 0 Å². The van der Waals surface area contributed by atoms with Crippen LogP contribution in [0.15, 0.2) is 36.8 Å². The molecule has 0 N–H and O–H groups in total. The second kappa shape index (κ2) is 7.77. The number of rotatable bonds is 5. The van der Waals surface area contributed by atoms with Gasteiger partial charge in [-0.15, -0.1) is 0 Å². The van der Waals surface area contributed by atoms with E-state index in [1.165, 1.54) is 11.8 Å². The van der Waals surface area contributed by atoms with E-state index in [0.29, 0.717) is 11.6 Å². The molecule has 0 spiro atoms. The third-order valence-corrected chi connectivity index (χ3v) is 4.18. The molecule has 1 aliphatic heterocycles. The van der Waals surface area contributed by atoms with Crippen molar-refractivity contribution in [2.24, 2.45) is 0 Å². The molecule has 3 heterocycles. The summed E-state index contributed by atoms with van der Waals surface area (Å²) in [6.07, 6.45) is -0.0248. The second-order valence-electron chi connectivity index (χ2n) is 6.08. The molecule has 1 aliphatic rings. The number of alkyl halides is 3. The maximum Gasteiger partial charge on any atom is 0.389 e. The SMILES string of the molecule is FC(F)(F)CCc1ccnc(N2CCN(Cc3ccncc3)CC2)n1. The van der Waals surface area contributed by atoms with Gasteiger partial charge in [0, 0.05) is 63.4 Å². The van der Waals surface area contributed by atoms with Crippen LogP contribution in [0.25, 0.3) is 0 Å². The number of hydrogen-bond donors (Lipinski definition) is 0. The molecule has 2 aromatic heterocycles. The van der Waals surface area contributed by atoms with E-state index in [4.69, 9.17) is 0 Å². The van der Waals surface area contributed by atoms with E-state index in [9.17, 15) is 13.2 Å². The zero-order chi connectivity index (χ0) is 17.7. The first-order valence-electron chi connectivity index (χ1n) is 8.24. The van der Waals surface area contributed by atoms with Crippen LogP contribution in [0.5, 0.6) is 0 Å². The van der Waals surface area contributed by atoms with E-state index in [1.54, 1.807) is 18.5 Å². The lowest BCUT2D eigenvalue weighted by atomic mass is 10.2. The van der Waals surface area contributed by atoms with Gasteiger partial charge >= 0.3 is 6.18 Å². The lowest BCUT2D eigenvalue weighted by molar-refractivity contribution is -0.134. The average Bonchev–Trinajstić information content (AvgIpc) is 2.61. The monoisotopic (exact) mass is 351 g/mol. The molecule has 0 unspecified atom stereocenters. The molecule has 8 heteroatoms. The van der Waals surface area contributed by atoms with Crippen molar-refractivity contribution in [2.75, 3.05) is 31.1 Å². The summed E-state index contributed by atoms with van der Waals surface area (Å²) in [5.41, 5.74) is 1.65. The number of aromatic nitrogens is 3. The van der Waals surface area contributed by atoms with E-state index in [-0.39, 0.29) is 6.42 Å². The number of halogens is 3. The maximum absolute atomic E-state index is 12.4. The van der Waals surface area contributed by atoms with Crippen LogP contribution in [0.1, 0.15) is 17.7 Å². The second-order valence-corrected chi connectivity index (χ2v) is 6.08. The van der Waals surface area contributed by atoms with Gasteiger partial charge in [-0.05, 0) is 30.2 Å². The number of nitrogens with zero attached hydrogens (tertiary/aromatic N) is 5. The molecule has 0 radical (unpaired) electrons. The van der Waals surface area contributed by atoms with Crippen molar-refractivity contribution in [1.29, 1.82) is 0 Å². The molecule has 134 valence electrons. The summed E-state index contributed by atoms with van der Waals surface area (Å²) in [4.78, 5) is 16.9. The van der Waals surface area contributed by atoms with E-state index < -0.39 is 12.6 Å². The van der Waals surface area contributed by atoms with Crippen LogP contribution in [-0.2, 0) is 13.0 Å². The zero-order valence-corrected chi connectivity index (χ0v) is 13.8. The Balaban J connectivity index is 1.54. The Morgan fingerprint density at radius 1 is 0.960 bits per heavy atom. The summed E-state index contributed by atoms with van der Waals surface area (Å²) in [5, 5.41) is 0. The molecule has 1 fully saturated rings. The van der Waals surface area contributed by atoms with E-state index in [2.05, 4.69) is 19.9 Å². The fourth-order valence-corrected chi connectivity index (χ4v) is 2.80. The van der Waals surface area contributed by atoms with Crippen LogP contribution in [0.2, 0.25) is 0 Å². The van der Waals surface area contributed by atoms with E-state index in [1.807, 2.05) is 17.0 Å². The Morgan fingerprint density at radius 3 is 2.36 bits per heavy atom. The highest BCUT2D eigenvalue weighted by Crippen LogP contribution is 2.22. The van der Waals surface area contributed by atoms with Crippen LogP contribution in [0, 0.1) is 0 Å². The number of hydrogen-bond acceptors (Lipinski definition) is 5. The lowest BCUT2D eigenvalue weighted by Gasteiger charge is -2.34. The molecule has 25 heavy (non-hydrogen) atoms. The molecule has 0 bridgehead atoms. The molecule has 0 amide bonds. The molecule has 2 aromatic rings. The summed E-state index contributed by atoms with van der Waals surface area (Å²) >= 11 is 0. The normalized spacial score (nSPS) is 16.2. The number of pyridine rings is 1. The highest BCUT2D eigenvalue weighted by atomic mass is 19.4. The van der Waals surface area contributed by atoms with Gasteiger partial charge in [0.2, 0.25) is 5.95 Å². The van der Waals surface area contributed by atoms with Crippen LogP contribution in [0.3, 0.4) is 0 Å². The van der Waals surface area contributed by atoms with Gasteiger partial charge < -0.3 is 4.90 Å². The molecular weight excluding hydrogens is 331 g/mol. The molecule has 0 saturated carbocycles. The zero-order valence-electron chi connectivity index (χ0n) is 13.8. The molecular formula is C17H20F3N5. The van der Waals surface area contributed by atoms with Crippen LogP contribution < -0.4 is 4.90 Å². The lowest BCUT2D eigenvalue weighted by Crippen LogP contribution is -2.46. The summed E-state index contributed by atoms with van der Waals surface area (Å²) < 4.78 is 37.1.